The molecular weight excluding hydrogens is 228 g/mol. The Labute approximate surface area is 107 Å². The van der Waals surface area contributed by atoms with Crippen molar-refractivity contribution in [3.05, 3.63) is 29.8 Å². The minimum Gasteiger partial charge on any atom is -0.314 e. The van der Waals surface area contributed by atoms with Crippen LogP contribution < -0.4 is 4.90 Å². The molecule has 1 heterocycles. The van der Waals surface area contributed by atoms with Gasteiger partial charge in [-0.05, 0) is 30.5 Å². The predicted octanol–water partition coefficient (Wildman–Crippen LogP) is 2.42. The molecule has 1 aromatic carbocycles. The standard InChI is InChI=1S/C14H18N2O2/c1-10(2)8-15-9-13(17)16(14(15)18)12-6-4-5-11(3)7-12/h4-7,10H,8-9H2,1-3H3. The zero-order valence-electron chi connectivity index (χ0n) is 11.0. The summed E-state index contributed by atoms with van der Waals surface area (Å²) in [6, 6.07) is 7.24. The van der Waals surface area contributed by atoms with Crippen molar-refractivity contribution in [2.24, 2.45) is 5.92 Å². The average Bonchev–Trinajstić information content (AvgIpc) is 2.53. The van der Waals surface area contributed by atoms with Gasteiger partial charge in [-0.1, -0.05) is 26.0 Å². The summed E-state index contributed by atoms with van der Waals surface area (Å²) in [5, 5.41) is 0. The number of imide groups is 1. The molecule has 0 unspecified atom stereocenters. The lowest BCUT2D eigenvalue weighted by atomic mass is 10.2. The van der Waals surface area contributed by atoms with E-state index in [9.17, 15) is 9.59 Å². The number of hydrogen-bond acceptors (Lipinski definition) is 2. The molecule has 96 valence electrons. The van der Waals surface area contributed by atoms with Crippen LogP contribution in [0.3, 0.4) is 0 Å². The first-order chi connectivity index (χ1) is 8.49. The van der Waals surface area contributed by atoms with Crippen molar-refractivity contribution < 1.29 is 9.59 Å². The van der Waals surface area contributed by atoms with Crippen LogP contribution in [0.15, 0.2) is 24.3 Å². The molecule has 0 spiro atoms. The van der Waals surface area contributed by atoms with E-state index in [1.165, 1.54) is 4.90 Å². The number of anilines is 1. The maximum atomic E-state index is 12.2. The fourth-order valence-electron chi connectivity index (χ4n) is 2.15. The van der Waals surface area contributed by atoms with Crippen molar-refractivity contribution in [2.75, 3.05) is 18.0 Å². The Hall–Kier alpha value is -1.84. The summed E-state index contributed by atoms with van der Waals surface area (Å²) in [7, 11) is 0. The van der Waals surface area contributed by atoms with E-state index in [1.807, 2.05) is 39.0 Å². The second kappa shape index (κ2) is 4.80. The van der Waals surface area contributed by atoms with E-state index in [-0.39, 0.29) is 18.5 Å². The molecule has 1 aromatic rings. The number of hydrogen-bond donors (Lipinski definition) is 0. The molecule has 3 amide bonds. The second-order valence-corrected chi connectivity index (χ2v) is 5.13. The van der Waals surface area contributed by atoms with Gasteiger partial charge in [0.25, 0.3) is 5.91 Å². The van der Waals surface area contributed by atoms with Crippen LogP contribution >= 0.6 is 0 Å². The summed E-state index contributed by atoms with van der Waals surface area (Å²) in [6.07, 6.45) is 0. The molecule has 18 heavy (non-hydrogen) atoms. The molecule has 1 aliphatic heterocycles. The molecule has 0 radical (unpaired) electrons. The molecule has 0 atom stereocenters. The number of rotatable bonds is 3. The Kier molecular flexibility index (Phi) is 3.36. The molecule has 0 N–H and O–H groups in total. The maximum absolute atomic E-state index is 12.2. The fraction of sp³-hybridized carbons (Fsp3) is 0.429. The quantitative estimate of drug-likeness (QED) is 0.768. The molecule has 0 saturated carbocycles. The van der Waals surface area contributed by atoms with Crippen LogP contribution in [0.4, 0.5) is 10.5 Å². The number of carbonyl (C=O) groups excluding carboxylic acids is 2. The van der Waals surface area contributed by atoms with Gasteiger partial charge in [0.05, 0.1) is 5.69 Å². The average molecular weight is 246 g/mol. The first-order valence-electron chi connectivity index (χ1n) is 6.17. The zero-order valence-corrected chi connectivity index (χ0v) is 11.0. The third-order valence-electron chi connectivity index (χ3n) is 2.88. The van der Waals surface area contributed by atoms with Crippen LogP contribution in [0.2, 0.25) is 0 Å². The molecule has 1 aliphatic rings. The highest BCUT2D eigenvalue weighted by Crippen LogP contribution is 2.22. The SMILES string of the molecule is Cc1cccc(N2C(=O)CN(CC(C)C)C2=O)c1. The first kappa shape index (κ1) is 12.6. The number of urea groups is 1. The normalized spacial score (nSPS) is 16.0. The van der Waals surface area contributed by atoms with E-state index >= 15 is 0 Å². The van der Waals surface area contributed by atoms with Crippen LogP contribution in [0.25, 0.3) is 0 Å². The van der Waals surface area contributed by atoms with E-state index < -0.39 is 0 Å². The van der Waals surface area contributed by atoms with Gasteiger partial charge in [-0.2, -0.15) is 0 Å². The molecule has 0 aliphatic carbocycles. The maximum Gasteiger partial charge on any atom is 0.331 e. The summed E-state index contributed by atoms with van der Waals surface area (Å²) in [5.74, 6) is 0.213. The van der Waals surface area contributed by atoms with Gasteiger partial charge in [0.1, 0.15) is 6.54 Å². The molecule has 1 fully saturated rings. The Morgan fingerprint density at radius 1 is 1.28 bits per heavy atom. The van der Waals surface area contributed by atoms with Crippen molar-refractivity contribution in [1.29, 1.82) is 0 Å². The van der Waals surface area contributed by atoms with Crippen molar-refractivity contribution in [1.82, 2.24) is 4.90 Å². The second-order valence-electron chi connectivity index (χ2n) is 5.13. The van der Waals surface area contributed by atoms with Crippen LogP contribution in [0.5, 0.6) is 0 Å². The molecule has 0 aromatic heterocycles. The van der Waals surface area contributed by atoms with Gasteiger partial charge in [0.2, 0.25) is 0 Å². The Balaban J connectivity index is 2.24. The fourth-order valence-corrected chi connectivity index (χ4v) is 2.15. The number of benzene rings is 1. The van der Waals surface area contributed by atoms with Gasteiger partial charge in [-0.25, -0.2) is 9.69 Å². The highest BCUT2D eigenvalue weighted by atomic mass is 16.2. The summed E-state index contributed by atoms with van der Waals surface area (Å²) >= 11 is 0. The zero-order chi connectivity index (χ0) is 13.3. The van der Waals surface area contributed by atoms with Crippen molar-refractivity contribution in [3.63, 3.8) is 0 Å². The van der Waals surface area contributed by atoms with Crippen molar-refractivity contribution >= 4 is 17.6 Å². The third-order valence-corrected chi connectivity index (χ3v) is 2.88. The Morgan fingerprint density at radius 2 is 2.00 bits per heavy atom. The molecule has 4 heteroatoms. The lowest BCUT2D eigenvalue weighted by Crippen LogP contribution is -2.34. The smallest absolute Gasteiger partial charge is 0.314 e. The van der Waals surface area contributed by atoms with Crippen molar-refractivity contribution in [3.8, 4) is 0 Å². The van der Waals surface area contributed by atoms with E-state index in [0.717, 1.165) is 5.56 Å². The van der Waals surface area contributed by atoms with E-state index in [0.29, 0.717) is 18.2 Å². The molecule has 2 rings (SSSR count). The Morgan fingerprint density at radius 3 is 2.61 bits per heavy atom. The minimum atomic E-state index is -0.209. The first-order valence-corrected chi connectivity index (χ1v) is 6.17. The summed E-state index contributed by atoms with van der Waals surface area (Å²) in [5.41, 5.74) is 1.70. The van der Waals surface area contributed by atoms with Crippen LogP contribution in [-0.4, -0.2) is 29.9 Å². The van der Waals surface area contributed by atoms with Crippen LogP contribution in [0.1, 0.15) is 19.4 Å². The van der Waals surface area contributed by atoms with Crippen molar-refractivity contribution in [2.45, 2.75) is 20.8 Å². The number of amides is 3. The van der Waals surface area contributed by atoms with Gasteiger partial charge < -0.3 is 4.90 Å². The highest BCUT2D eigenvalue weighted by Gasteiger charge is 2.37. The van der Waals surface area contributed by atoms with Gasteiger partial charge in [0.15, 0.2) is 0 Å². The molecule has 1 saturated heterocycles. The van der Waals surface area contributed by atoms with E-state index in [1.54, 1.807) is 11.0 Å². The summed E-state index contributed by atoms with van der Waals surface area (Å²) < 4.78 is 0. The minimum absolute atomic E-state index is 0.147. The molecular formula is C14H18N2O2. The van der Waals surface area contributed by atoms with Gasteiger partial charge in [-0.3, -0.25) is 4.79 Å². The van der Waals surface area contributed by atoms with Crippen LogP contribution in [0, 0.1) is 12.8 Å². The topological polar surface area (TPSA) is 40.6 Å². The lowest BCUT2D eigenvalue weighted by Gasteiger charge is -2.18. The number of nitrogens with zero attached hydrogens (tertiary/aromatic N) is 2. The molecule has 0 bridgehead atoms. The van der Waals surface area contributed by atoms with Gasteiger partial charge >= 0.3 is 6.03 Å². The lowest BCUT2D eigenvalue weighted by molar-refractivity contribution is -0.116. The van der Waals surface area contributed by atoms with Crippen LogP contribution in [-0.2, 0) is 4.79 Å². The summed E-state index contributed by atoms with van der Waals surface area (Å²) in [4.78, 5) is 27.0. The van der Waals surface area contributed by atoms with Gasteiger partial charge in [0, 0.05) is 6.54 Å². The van der Waals surface area contributed by atoms with E-state index in [2.05, 4.69) is 0 Å². The monoisotopic (exact) mass is 246 g/mol. The summed E-state index contributed by atoms with van der Waals surface area (Å²) in [6.45, 7) is 6.82. The number of carbonyl (C=O) groups is 2. The molecule has 4 nitrogen and oxygen atoms in total. The largest absolute Gasteiger partial charge is 0.331 e. The number of aryl methyl sites for hydroxylation is 1. The van der Waals surface area contributed by atoms with E-state index in [4.69, 9.17) is 0 Å². The predicted molar refractivity (Wildman–Crippen MR) is 70.5 cm³/mol. The third kappa shape index (κ3) is 2.37. The highest BCUT2D eigenvalue weighted by molar-refractivity contribution is 6.19. The Bertz CT molecular complexity index is 482. The van der Waals surface area contributed by atoms with Gasteiger partial charge in [-0.15, -0.1) is 0 Å².